The number of halogens is 3. The molecule has 0 aliphatic heterocycles. The molecule has 1 aromatic carbocycles. The molecule has 0 bridgehead atoms. The Bertz CT molecular complexity index is 1060. The highest BCUT2D eigenvalue weighted by molar-refractivity contribution is 5.91. The lowest BCUT2D eigenvalue weighted by atomic mass is 10.2. The Morgan fingerprint density at radius 2 is 1.83 bits per heavy atom. The van der Waals surface area contributed by atoms with E-state index in [0.29, 0.717) is 28.3 Å². The highest BCUT2D eigenvalue weighted by Crippen LogP contribution is 2.33. The molecule has 0 spiro atoms. The Hall–Kier alpha value is -3.28. The molecule has 0 atom stereocenters. The summed E-state index contributed by atoms with van der Waals surface area (Å²) in [5.41, 5.74) is 0.147. The van der Waals surface area contributed by atoms with Gasteiger partial charge in [-0.15, -0.1) is 0 Å². The van der Waals surface area contributed by atoms with Crippen molar-refractivity contribution in [2.24, 2.45) is 5.92 Å². The van der Waals surface area contributed by atoms with Crippen molar-refractivity contribution in [1.29, 1.82) is 5.26 Å². The second kappa shape index (κ2) is 9.96. The van der Waals surface area contributed by atoms with Gasteiger partial charge in [0.2, 0.25) is 0 Å². The molecule has 1 aliphatic rings. The van der Waals surface area contributed by atoms with Crippen molar-refractivity contribution in [3.8, 4) is 6.07 Å². The second-order valence-corrected chi connectivity index (χ2v) is 6.46. The van der Waals surface area contributed by atoms with Gasteiger partial charge >= 0.3 is 6.18 Å². The van der Waals surface area contributed by atoms with E-state index in [-0.39, 0.29) is 5.56 Å². The number of rotatable bonds is 4. The molecule has 3 aromatic rings. The third-order valence-electron chi connectivity index (χ3n) is 4.28. The molecule has 9 heteroatoms. The molecule has 2 heterocycles. The number of H-pyrrole nitrogens is 1. The minimum Gasteiger partial charge on any atom is -0.338 e. The summed E-state index contributed by atoms with van der Waals surface area (Å²) in [6.45, 7) is 6.16. The summed E-state index contributed by atoms with van der Waals surface area (Å²) in [5.74, 6) is 0.915. The van der Waals surface area contributed by atoms with Gasteiger partial charge in [0.1, 0.15) is 5.39 Å². The third-order valence-corrected chi connectivity index (χ3v) is 4.28. The molecule has 160 valence electrons. The molecular weight excluding hydrogens is 395 g/mol. The molecule has 4 rings (SSSR count). The van der Waals surface area contributed by atoms with Crippen LogP contribution in [0.5, 0.6) is 0 Å². The van der Waals surface area contributed by atoms with E-state index in [4.69, 9.17) is 5.26 Å². The van der Waals surface area contributed by atoms with Crippen LogP contribution in [0.2, 0.25) is 0 Å². The molecule has 6 nitrogen and oxygen atoms in total. The molecule has 0 unspecified atom stereocenters. The van der Waals surface area contributed by atoms with Gasteiger partial charge in [-0.1, -0.05) is 13.8 Å². The number of nitrogens with zero attached hydrogens (tertiary/aromatic N) is 3. The molecule has 1 aliphatic carbocycles. The fourth-order valence-corrected chi connectivity index (χ4v) is 2.79. The number of aromatic nitrogens is 3. The smallest absolute Gasteiger partial charge is 0.338 e. The number of nitriles is 1. The molecule has 1 fully saturated rings. The Kier molecular flexibility index (Phi) is 7.64. The van der Waals surface area contributed by atoms with E-state index < -0.39 is 11.7 Å². The highest BCUT2D eigenvalue weighted by atomic mass is 19.4. The first kappa shape index (κ1) is 23.0. The van der Waals surface area contributed by atoms with Gasteiger partial charge in [0.15, 0.2) is 5.82 Å². The van der Waals surface area contributed by atoms with Gasteiger partial charge in [-0.3, -0.25) is 9.48 Å². The van der Waals surface area contributed by atoms with Crippen molar-refractivity contribution >= 4 is 22.4 Å². The summed E-state index contributed by atoms with van der Waals surface area (Å²) in [6.07, 6.45) is -0.524. The van der Waals surface area contributed by atoms with Crippen molar-refractivity contribution < 1.29 is 13.2 Å². The molecule has 1 saturated carbocycles. The van der Waals surface area contributed by atoms with Crippen LogP contribution in [0.1, 0.15) is 39.2 Å². The summed E-state index contributed by atoms with van der Waals surface area (Å²) >= 11 is 0. The summed E-state index contributed by atoms with van der Waals surface area (Å²) in [7, 11) is 0. The average Bonchev–Trinajstić information content (AvgIpc) is 3.46. The van der Waals surface area contributed by atoms with Crippen LogP contribution in [0.4, 0.5) is 24.7 Å². The molecule has 0 radical (unpaired) electrons. The van der Waals surface area contributed by atoms with Crippen LogP contribution in [0, 0.1) is 17.2 Å². The van der Waals surface area contributed by atoms with E-state index in [1.165, 1.54) is 19.1 Å². The van der Waals surface area contributed by atoms with E-state index in [9.17, 15) is 18.0 Å². The minimum absolute atomic E-state index is 0.283. The number of alkyl halides is 3. The van der Waals surface area contributed by atoms with Crippen molar-refractivity contribution in [1.82, 2.24) is 14.8 Å². The fourth-order valence-electron chi connectivity index (χ4n) is 2.79. The highest BCUT2D eigenvalue weighted by Gasteiger charge is 2.30. The zero-order valence-electron chi connectivity index (χ0n) is 17.0. The summed E-state index contributed by atoms with van der Waals surface area (Å²) in [5, 5.41) is 15.1. The van der Waals surface area contributed by atoms with Gasteiger partial charge < -0.3 is 10.3 Å². The maximum Gasteiger partial charge on any atom is 0.416 e. The Morgan fingerprint density at radius 3 is 2.37 bits per heavy atom. The quantitative estimate of drug-likeness (QED) is 0.588. The minimum atomic E-state index is -4.38. The lowest BCUT2D eigenvalue weighted by Crippen LogP contribution is -2.06. The topological polar surface area (TPSA) is 86.5 Å². The molecule has 2 N–H and O–H groups in total. The number of benzene rings is 1. The van der Waals surface area contributed by atoms with Crippen LogP contribution in [-0.4, -0.2) is 14.8 Å². The van der Waals surface area contributed by atoms with E-state index in [0.717, 1.165) is 31.5 Å². The fraction of sp³-hybridized carbons (Fsp3) is 0.381. The summed E-state index contributed by atoms with van der Waals surface area (Å²) < 4.78 is 39.8. The van der Waals surface area contributed by atoms with Crippen LogP contribution in [0.15, 0.2) is 41.3 Å². The second-order valence-electron chi connectivity index (χ2n) is 6.46. The Balaban J connectivity index is 0.000000590. The lowest BCUT2D eigenvalue weighted by molar-refractivity contribution is -0.137. The molecular formula is C21H24F3N5O. The average molecular weight is 419 g/mol. The number of hydrogen-bond acceptors (Lipinski definition) is 4. The maximum absolute atomic E-state index is 12.7. The normalized spacial score (nSPS) is 12.8. The third kappa shape index (κ3) is 5.63. The number of aromatic amines is 1. The first-order valence-corrected chi connectivity index (χ1v) is 9.66. The largest absolute Gasteiger partial charge is 0.416 e. The van der Waals surface area contributed by atoms with Gasteiger partial charge in [0.05, 0.1) is 17.1 Å². The lowest BCUT2D eigenvalue weighted by Gasteiger charge is -2.08. The van der Waals surface area contributed by atoms with Gasteiger partial charge in [-0.25, -0.2) is 0 Å². The van der Waals surface area contributed by atoms with E-state index >= 15 is 0 Å². The van der Waals surface area contributed by atoms with Crippen molar-refractivity contribution in [2.75, 3.05) is 5.32 Å². The molecule has 30 heavy (non-hydrogen) atoms. The predicted octanol–water partition coefficient (Wildman–Crippen LogP) is 5.45. The number of fused-ring (bicyclic) bond motifs is 1. The van der Waals surface area contributed by atoms with Crippen molar-refractivity contribution in [2.45, 2.75) is 46.3 Å². The zero-order valence-corrected chi connectivity index (χ0v) is 17.0. The molecule has 2 aromatic heterocycles. The maximum atomic E-state index is 12.7. The predicted molar refractivity (Wildman–Crippen MR) is 110 cm³/mol. The van der Waals surface area contributed by atoms with Crippen molar-refractivity contribution in [3.05, 3.63) is 52.4 Å². The molecule has 0 saturated heterocycles. The van der Waals surface area contributed by atoms with E-state index in [1.54, 1.807) is 23.0 Å². The Labute approximate surface area is 172 Å². The SMILES string of the molecule is CC.CC#N.O=c1[nH]ccc2c1c(Nc1ccc(C(F)(F)F)cc1)nn2CC1CC1. The van der Waals surface area contributed by atoms with Gasteiger partial charge in [-0.05, 0) is 49.1 Å². The van der Waals surface area contributed by atoms with Crippen molar-refractivity contribution in [3.63, 3.8) is 0 Å². The standard InChI is InChI=1S/C17H15F3N4O.C2H3N.C2H6/c18-17(19,20)11-3-5-12(6-4-11)22-15-14-13(7-8-21-16(14)25)24(23-15)9-10-1-2-10;1-2-3;1-2/h3-8,10H,1-2,9H2,(H,21,25)(H,22,23);1H3;1-2H3. The number of hydrogen-bond donors (Lipinski definition) is 2. The van der Waals surface area contributed by atoms with Crippen LogP contribution in [0.25, 0.3) is 10.9 Å². The monoisotopic (exact) mass is 419 g/mol. The van der Waals surface area contributed by atoms with Crippen LogP contribution < -0.4 is 10.9 Å². The van der Waals surface area contributed by atoms with Crippen LogP contribution in [-0.2, 0) is 12.7 Å². The summed E-state index contributed by atoms with van der Waals surface area (Å²) in [6, 6.07) is 8.17. The molecule has 0 amide bonds. The summed E-state index contributed by atoms with van der Waals surface area (Å²) in [4.78, 5) is 14.8. The first-order chi connectivity index (χ1) is 14.3. The van der Waals surface area contributed by atoms with Gasteiger partial charge in [-0.2, -0.15) is 23.5 Å². The number of anilines is 2. The van der Waals surface area contributed by atoms with Crippen LogP contribution in [0.3, 0.4) is 0 Å². The van der Waals surface area contributed by atoms with E-state index in [2.05, 4.69) is 15.4 Å². The van der Waals surface area contributed by atoms with Gasteiger partial charge in [0, 0.05) is 25.4 Å². The first-order valence-electron chi connectivity index (χ1n) is 9.66. The Morgan fingerprint density at radius 1 is 1.23 bits per heavy atom. The van der Waals surface area contributed by atoms with Gasteiger partial charge in [0.25, 0.3) is 5.56 Å². The van der Waals surface area contributed by atoms with Crippen LogP contribution >= 0.6 is 0 Å². The number of nitrogens with one attached hydrogen (secondary N) is 2. The van der Waals surface area contributed by atoms with E-state index in [1.807, 2.05) is 13.8 Å². The zero-order chi connectivity index (χ0) is 22.3. The number of pyridine rings is 1.